The van der Waals surface area contributed by atoms with E-state index in [0.29, 0.717) is 0 Å². The van der Waals surface area contributed by atoms with Gasteiger partial charge in [0.15, 0.2) is 0 Å². The first-order valence-electron chi connectivity index (χ1n) is 3.28. The van der Waals surface area contributed by atoms with Crippen molar-refractivity contribution in [1.29, 1.82) is 0 Å². The summed E-state index contributed by atoms with van der Waals surface area (Å²) in [5, 5.41) is 0. The molecule has 0 spiro atoms. The highest BCUT2D eigenvalue weighted by molar-refractivity contribution is 9.10. The van der Waals surface area contributed by atoms with Gasteiger partial charge in [0.2, 0.25) is 0 Å². The van der Waals surface area contributed by atoms with E-state index in [0.717, 1.165) is 16.4 Å². The predicted molar refractivity (Wildman–Crippen MR) is 48.9 cm³/mol. The smallest absolute Gasteiger partial charge is 0.0827 e. The summed E-state index contributed by atoms with van der Waals surface area (Å²) in [5.41, 5.74) is 2.11. The molecule has 0 aliphatic rings. The van der Waals surface area contributed by atoms with Gasteiger partial charge in [-0.25, -0.2) is 0 Å². The molecule has 0 saturated carbocycles. The topological polar surface area (TPSA) is 0 Å². The Labute approximate surface area is 71.2 Å². The second-order valence-corrected chi connectivity index (χ2v) is 3.06. The Balaban J connectivity index is 3.04. The molecular formula is C8H8BBr. The fraction of sp³-hybridized carbons (Fsp3) is 0.250. The molecule has 0 bridgehead atoms. The first-order valence-corrected chi connectivity index (χ1v) is 4.07. The molecular weight excluding hydrogens is 187 g/mol. The number of benzene rings is 1. The highest BCUT2D eigenvalue weighted by Crippen LogP contribution is 2.08. The number of aryl methyl sites for hydroxylation is 1. The molecule has 0 aliphatic carbocycles. The molecule has 0 amide bonds. The minimum atomic E-state index is 0.803. The average molecular weight is 195 g/mol. The lowest BCUT2D eigenvalue weighted by Crippen LogP contribution is -2.03. The quantitative estimate of drug-likeness (QED) is 0.599. The normalized spacial score (nSPS) is 9.80. The van der Waals surface area contributed by atoms with Crippen LogP contribution in [0.1, 0.15) is 12.5 Å². The van der Waals surface area contributed by atoms with Gasteiger partial charge in [0.25, 0.3) is 0 Å². The zero-order chi connectivity index (χ0) is 7.56. The van der Waals surface area contributed by atoms with Crippen molar-refractivity contribution in [2.24, 2.45) is 0 Å². The molecule has 1 aromatic rings. The van der Waals surface area contributed by atoms with Gasteiger partial charge in [-0.1, -0.05) is 40.4 Å². The molecule has 10 heavy (non-hydrogen) atoms. The Bertz CT molecular complexity index is 233. The third-order valence-electron chi connectivity index (χ3n) is 1.47. The van der Waals surface area contributed by atoms with Crippen molar-refractivity contribution >= 4 is 29.2 Å². The van der Waals surface area contributed by atoms with E-state index in [-0.39, 0.29) is 0 Å². The molecule has 0 fully saturated rings. The minimum absolute atomic E-state index is 0.803. The van der Waals surface area contributed by atoms with Gasteiger partial charge in [-0.3, -0.25) is 0 Å². The van der Waals surface area contributed by atoms with E-state index in [1.54, 1.807) is 0 Å². The van der Waals surface area contributed by atoms with Crippen LogP contribution in [0, 0.1) is 0 Å². The highest BCUT2D eigenvalue weighted by atomic mass is 79.9. The van der Waals surface area contributed by atoms with Crippen LogP contribution < -0.4 is 5.46 Å². The molecule has 0 aromatic heterocycles. The molecule has 0 atom stereocenters. The molecule has 0 heterocycles. The van der Waals surface area contributed by atoms with Crippen molar-refractivity contribution in [3.63, 3.8) is 0 Å². The Morgan fingerprint density at radius 1 is 1.50 bits per heavy atom. The summed E-state index contributed by atoms with van der Waals surface area (Å²) in [4.78, 5) is 0. The first kappa shape index (κ1) is 7.87. The van der Waals surface area contributed by atoms with Crippen LogP contribution in [-0.4, -0.2) is 7.85 Å². The molecule has 2 heteroatoms. The first-order chi connectivity index (χ1) is 4.74. The number of hydrogen-bond donors (Lipinski definition) is 0. The van der Waals surface area contributed by atoms with E-state index in [1.807, 2.05) is 12.1 Å². The zero-order valence-electron chi connectivity index (χ0n) is 5.89. The molecule has 0 saturated heterocycles. The van der Waals surface area contributed by atoms with Crippen molar-refractivity contribution in [2.45, 2.75) is 13.3 Å². The van der Waals surface area contributed by atoms with Crippen LogP contribution in [0.15, 0.2) is 22.7 Å². The summed E-state index contributed by atoms with van der Waals surface area (Å²) in [6.07, 6.45) is 1.05. The zero-order valence-corrected chi connectivity index (χ0v) is 7.48. The van der Waals surface area contributed by atoms with E-state index >= 15 is 0 Å². The van der Waals surface area contributed by atoms with Gasteiger partial charge in [0.05, 0.1) is 0 Å². The van der Waals surface area contributed by atoms with Crippen LogP contribution in [0.4, 0.5) is 0 Å². The van der Waals surface area contributed by atoms with Crippen molar-refractivity contribution in [3.05, 3.63) is 28.2 Å². The fourth-order valence-electron chi connectivity index (χ4n) is 0.791. The van der Waals surface area contributed by atoms with Crippen LogP contribution in [0.2, 0.25) is 0 Å². The highest BCUT2D eigenvalue weighted by Gasteiger charge is 1.93. The Morgan fingerprint density at radius 2 is 2.20 bits per heavy atom. The lowest BCUT2D eigenvalue weighted by molar-refractivity contribution is 1.14. The van der Waals surface area contributed by atoms with Gasteiger partial charge in [0.1, 0.15) is 7.85 Å². The lowest BCUT2D eigenvalue weighted by atomic mass is 9.95. The summed E-state index contributed by atoms with van der Waals surface area (Å²) in [6, 6.07) is 6.01. The van der Waals surface area contributed by atoms with E-state index in [1.165, 1.54) is 5.56 Å². The molecule has 0 nitrogen and oxygen atoms in total. The molecule has 50 valence electrons. The van der Waals surface area contributed by atoms with Crippen LogP contribution in [-0.2, 0) is 6.42 Å². The molecule has 1 rings (SSSR count). The van der Waals surface area contributed by atoms with E-state index in [9.17, 15) is 0 Å². The maximum absolute atomic E-state index is 5.60. The minimum Gasteiger partial charge on any atom is -0.0827 e. The Morgan fingerprint density at radius 3 is 2.70 bits per heavy atom. The third kappa shape index (κ3) is 1.63. The maximum Gasteiger partial charge on any atom is 0.115 e. The summed E-state index contributed by atoms with van der Waals surface area (Å²) in [6.45, 7) is 2.12. The average Bonchev–Trinajstić information content (AvgIpc) is 1.95. The Hall–Kier alpha value is -0.235. The lowest BCUT2D eigenvalue weighted by Gasteiger charge is -2.00. The number of hydrogen-bond acceptors (Lipinski definition) is 0. The van der Waals surface area contributed by atoms with Crippen LogP contribution >= 0.6 is 15.9 Å². The van der Waals surface area contributed by atoms with Gasteiger partial charge in [-0.15, -0.1) is 0 Å². The van der Waals surface area contributed by atoms with Crippen molar-refractivity contribution in [1.82, 2.24) is 0 Å². The molecule has 0 unspecified atom stereocenters. The van der Waals surface area contributed by atoms with Crippen molar-refractivity contribution < 1.29 is 0 Å². The van der Waals surface area contributed by atoms with E-state index in [4.69, 9.17) is 7.85 Å². The molecule has 1 aromatic carbocycles. The summed E-state index contributed by atoms with van der Waals surface area (Å²) in [5.74, 6) is 0. The van der Waals surface area contributed by atoms with Gasteiger partial charge < -0.3 is 0 Å². The molecule has 0 aliphatic heterocycles. The largest absolute Gasteiger partial charge is 0.115 e. The van der Waals surface area contributed by atoms with E-state index < -0.39 is 0 Å². The van der Waals surface area contributed by atoms with Crippen molar-refractivity contribution in [3.8, 4) is 0 Å². The number of halogens is 1. The molecule has 0 N–H and O–H groups in total. The second kappa shape index (κ2) is 3.24. The summed E-state index contributed by atoms with van der Waals surface area (Å²) < 4.78 is 0.992. The van der Waals surface area contributed by atoms with Crippen molar-refractivity contribution in [2.75, 3.05) is 0 Å². The maximum atomic E-state index is 5.60. The van der Waals surface area contributed by atoms with Gasteiger partial charge in [-0.2, -0.15) is 0 Å². The van der Waals surface area contributed by atoms with E-state index in [2.05, 4.69) is 28.9 Å². The van der Waals surface area contributed by atoms with Gasteiger partial charge in [0, 0.05) is 4.47 Å². The Kier molecular flexibility index (Phi) is 2.55. The third-order valence-corrected chi connectivity index (χ3v) is 2.16. The van der Waals surface area contributed by atoms with Gasteiger partial charge in [-0.05, 0) is 18.1 Å². The van der Waals surface area contributed by atoms with Crippen LogP contribution in [0.5, 0.6) is 0 Å². The fourth-order valence-corrected chi connectivity index (χ4v) is 1.22. The predicted octanol–water partition coefficient (Wildman–Crippen LogP) is 1.81. The standard InChI is InChI=1S/C8H8BBr/c1-2-6-3-4-7(9)8(10)5-6/h3-5H,2H2,1H3. The van der Waals surface area contributed by atoms with Crippen LogP contribution in [0.3, 0.4) is 0 Å². The monoisotopic (exact) mass is 194 g/mol. The molecule has 2 radical (unpaired) electrons. The summed E-state index contributed by atoms with van der Waals surface area (Å²) in [7, 11) is 5.60. The SMILES string of the molecule is [B]c1ccc(CC)cc1Br. The number of rotatable bonds is 1. The van der Waals surface area contributed by atoms with Crippen LogP contribution in [0.25, 0.3) is 0 Å². The summed E-state index contributed by atoms with van der Waals surface area (Å²) >= 11 is 3.36. The second-order valence-electron chi connectivity index (χ2n) is 2.21. The van der Waals surface area contributed by atoms with Gasteiger partial charge >= 0.3 is 0 Å².